The van der Waals surface area contributed by atoms with Gasteiger partial charge in [-0.15, -0.1) is 0 Å². The average Bonchev–Trinajstić information content (AvgIpc) is 2.60. The van der Waals surface area contributed by atoms with Crippen LogP contribution < -0.4 is 4.72 Å². The molecule has 0 saturated heterocycles. The van der Waals surface area contributed by atoms with Crippen LogP contribution in [0.5, 0.6) is 0 Å². The summed E-state index contributed by atoms with van der Waals surface area (Å²) < 4.78 is 55.8. The Kier molecular flexibility index (Phi) is 6.08. The normalized spacial score (nSPS) is 13.2. The summed E-state index contributed by atoms with van der Waals surface area (Å²) in [5, 5.41) is 0. The van der Waals surface area contributed by atoms with E-state index in [2.05, 4.69) is 9.46 Å². The summed E-state index contributed by atoms with van der Waals surface area (Å²) in [4.78, 5) is 11.8. The first kappa shape index (κ1) is 21.1. The zero-order valence-electron chi connectivity index (χ0n) is 15.4. The molecule has 7 nitrogen and oxygen atoms in total. The lowest BCUT2D eigenvalue weighted by Crippen LogP contribution is -2.27. The molecule has 1 unspecified atom stereocenters. The molecule has 0 bridgehead atoms. The molecule has 2 aromatic rings. The van der Waals surface area contributed by atoms with E-state index >= 15 is 0 Å². The summed E-state index contributed by atoms with van der Waals surface area (Å²) >= 11 is 0. The van der Waals surface area contributed by atoms with E-state index in [-0.39, 0.29) is 15.4 Å². The summed E-state index contributed by atoms with van der Waals surface area (Å²) in [5.74, 6) is -0.629. The third-order valence-electron chi connectivity index (χ3n) is 4.04. The number of sulfone groups is 1. The number of methoxy groups -OCH3 is 1. The molecule has 0 aromatic heterocycles. The van der Waals surface area contributed by atoms with Gasteiger partial charge in [0.25, 0.3) is 0 Å². The molecule has 2 aromatic carbocycles. The molecule has 0 saturated carbocycles. The van der Waals surface area contributed by atoms with Gasteiger partial charge in [-0.3, -0.25) is 0 Å². The van der Waals surface area contributed by atoms with Crippen LogP contribution in [-0.4, -0.2) is 36.2 Å². The van der Waals surface area contributed by atoms with Gasteiger partial charge in [-0.1, -0.05) is 18.2 Å². The highest BCUT2D eigenvalue weighted by atomic mass is 32.2. The van der Waals surface area contributed by atoms with Crippen molar-refractivity contribution < 1.29 is 26.4 Å². The lowest BCUT2D eigenvalue weighted by molar-refractivity contribution is 0.0600. The fourth-order valence-corrected chi connectivity index (χ4v) is 4.64. The molecule has 27 heavy (non-hydrogen) atoms. The fourth-order valence-electron chi connectivity index (χ4n) is 2.50. The van der Waals surface area contributed by atoms with Crippen molar-refractivity contribution in [3.63, 3.8) is 0 Å². The summed E-state index contributed by atoms with van der Waals surface area (Å²) in [7, 11) is -6.02. The molecular formula is C18H21NO6S2. The monoisotopic (exact) mass is 411 g/mol. The molecule has 0 aliphatic rings. The van der Waals surface area contributed by atoms with Crippen LogP contribution >= 0.6 is 0 Å². The van der Waals surface area contributed by atoms with Crippen molar-refractivity contribution in [3.8, 4) is 0 Å². The molecular weight excluding hydrogens is 390 g/mol. The van der Waals surface area contributed by atoms with Crippen molar-refractivity contribution in [1.29, 1.82) is 0 Å². The third kappa shape index (κ3) is 4.94. The lowest BCUT2D eigenvalue weighted by atomic mass is 10.1. The van der Waals surface area contributed by atoms with Gasteiger partial charge >= 0.3 is 5.97 Å². The number of aryl methyl sites for hydroxylation is 1. The smallest absolute Gasteiger partial charge is 0.337 e. The average molecular weight is 412 g/mol. The number of rotatable bonds is 6. The molecule has 0 amide bonds. The zero-order chi connectivity index (χ0) is 20.4. The molecule has 9 heteroatoms. The van der Waals surface area contributed by atoms with E-state index in [1.54, 1.807) is 26.0 Å². The van der Waals surface area contributed by atoms with Crippen LogP contribution in [0.1, 0.15) is 34.5 Å². The number of ether oxygens (including phenoxy) is 1. The minimum atomic E-state index is -3.92. The van der Waals surface area contributed by atoms with Crippen LogP contribution in [0, 0.1) is 6.92 Å². The maximum atomic E-state index is 12.8. The number of nitrogens with one attached hydrogen (secondary N) is 1. The number of carbonyl (C=O) groups excluding carboxylic acids is 1. The number of hydrogen-bond donors (Lipinski definition) is 1. The van der Waals surface area contributed by atoms with Crippen molar-refractivity contribution in [2.24, 2.45) is 0 Å². The molecule has 0 radical (unpaired) electrons. The number of benzene rings is 2. The van der Waals surface area contributed by atoms with Crippen LogP contribution in [0.3, 0.4) is 0 Å². The van der Waals surface area contributed by atoms with E-state index in [1.165, 1.54) is 37.4 Å². The van der Waals surface area contributed by atoms with Crippen LogP contribution in [0.4, 0.5) is 0 Å². The van der Waals surface area contributed by atoms with E-state index in [9.17, 15) is 21.6 Å². The number of carbonyl (C=O) groups is 1. The minimum Gasteiger partial charge on any atom is -0.465 e. The van der Waals surface area contributed by atoms with Crippen molar-refractivity contribution in [2.75, 3.05) is 13.4 Å². The molecule has 1 N–H and O–H groups in total. The van der Waals surface area contributed by atoms with Gasteiger partial charge in [0.2, 0.25) is 10.0 Å². The zero-order valence-corrected chi connectivity index (χ0v) is 17.0. The Bertz CT molecular complexity index is 1060. The first-order valence-electron chi connectivity index (χ1n) is 7.97. The molecule has 2 rings (SSSR count). The molecule has 0 aliphatic carbocycles. The Morgan fingerprint density at radius 3 is 2.15 bits per heavy atom. The van der Waals surface area contributed by atoms with Crippen LogP contribution in [0.2, 0.25) is 0 Å². The molecule has 0 fully saturated rings. The topological polar surface area (TPSA) is 107 Å². The second kappa shape index (κ2) is 7.79. The van der Waals surface area contributed by atoms with E-state index in [4.69, 9.17) is 0 Å². The maximum absolute atomic E-state index is 12.8. The summed E-state index contributed by atoms with van der Waals surface area (Å²) in [6.45, 7) is 3.27. The molecule has 0 spiro atoms. The van der Waals surface area contributed by atoms with E-state index in [0.717, 1.165) is 6.26 Å². The van der Waals surface area contributed by atoms with Crippen molar-refractivity contribution in [2.45, 2.75) is 29.7 Å². The minimum absolute atomic E-state index is 0.0231. The van der Waals surface area contributed by atoms with Crippen LogP contribution in [-0.2, 0) is 24.6 Å². The number of hydrogen-bond acceptors (Lipinski definition) is 6. The van der Waals surface area contributed by atoms with E-state index in [1.807, 2.05) is 0 Å². The highest BCUT2D eigenvalue weighted by Gasteiger charge is 2.22. The van der Waals surface area contributed by atoms with Gasteiger partial charge in [-0.25, -0.2) is 26.4 Å². The second-order valence-electron chi connectivity index (χ2n) is 6.16. The second-order valence-corrected chi connectivity index (χ2v) is 9.85. The van der Waals surface area contributed by atoms with Gasteiger partial charge in [0, 0.05) is 12.3 Å². The summed E-state index contributed by atoms with van der Waals surface area (Å²) in [6, 6.07) is 9.66. The predicted octanol–water partition coefficient (Wildman–Crippen LogP) is 2.22. The van der Waals surface area contributed by atoms with E-state index in [0.29, 0.717) is 11.1 Å². The Labute approximate surface area is 159 Å². The SMILES string of the molecule is COC(=O)c1ccc(C)c(S(=O)(=O)NC(C)c2ccc(S(C)(=O)=O)cc2)c1. The number of sulfonamides is 1. The molecule has 0 heterocycles. The fraction of sp³-hybridized carbons (Fsp3) is 0.278. The van der Waals surface area contributed by atoms with Crippen molar-refractivity contribution >= 4 is 25.8 Å². The quantitative estimate of drug-likeness (QED) is 0.731. The van der Waals surface area contributed by atoms with Crippen molar-refractivity contribution in [3.05, 3.63) is 59.2 Å². The highest BCUT2D eigenvalue weighted by molar-refractivity contribution is 7.90. The van der Waals surface area contributed by atoms with Gasteiger partial charge < -0.3 is 4.74 Å². The first-order chi connectivity index (χ1) is 12.5. The Hall–Kier alpha value is -2.23. The molecule has 1 atom stereocenters. The lowest BCUT2D eigenvalue weighted by Gasteiger charge is -2.16. The third-order valence-corrected chi connectivity index (χ3v) is 6.85. The predicted molar refractivity (Wildman–Crippen MR) is 101 cm³/mol. The van der Waals surface area contributed by atoms with Gasteiger partial charge in [0.15, 0.2) is 9.84 Å². The van der Waals surface area contributed by atoms with Crippen LogP contribution in [0.25, 0.3) is 0 Å². The maximum Gasteiger partial charge on any atom is 0.337 e. The van der Waals surface area contributed by atoms with Crippen molar-refractivity contribution in [1.82, 2.24) is 4.72 Å². The molecule has 0 aliphatic heterocycles. The van der Waals surface area contributed by atoms with Gasteiger partial charge in [-0.05, 0) is 49.2 Å². The largest absolute Gasteiger partial charge is 0.465 e. The van der Waals surface area contributed by atoms with Gasteiger partial charge in [0.1, 0.15) is 0 Å². The van der Waals surface area contributed by atoms with Gasteiger partial charge in [-0.2, -0.15) is 0 Å². The Balaban J connectivity index is 2.32. The summed E-state index contributed by atoms with van der Waals surface area (Å²) in [5.41, 5.74) is 1.22. The van der Waals surface area contributed by atoms with Gasteiger partial charge in [0.05, 0.1) is 22.5 Å². The summed E-state index contributed by atoms with van der Waals surface area (Å²) in [6.07, 6.45) is 1.10. The first-order valence-corrected chi connectivity index (χ1v) is 11.3. The highest BCUT2D eigenvalue weighted by Crippen LogP contribution is 2.22. The molecule has 146 valence electrons. The Morgan fingerprint density at radius 1 is 1.04 bits per heavy atom. The standard InChI is InChI=1S/C18H21NO6S2/c1-12-5-6-15(18(20)25-3)11-17(12)27(23,24)19-13(2)14-7-9-16(10-8-14)26(4,21)22/h5-11,13,19H,1-4H3. The number of esters is 1. The van der Waals surface area contributed by atoms with Crippen LogP contribution in [0.15, 0.2) is 52.3 Å². The van der Waals surface area contributed by atoms with E-state index < -0.39 is 31.9 Å². The Morgan fingerprint density at radius 2 is 1.63 bits per heavy atom.